The van der Waals surface area contributed by atoms with Crippen molar-refractivity contribution in [1.29, 1.82) is 0 Å². The van der Waals surface area contributed by atoms with Crippen LogP contribution in [0, 0.1) is 13.8 Å². The van der Waals surface area contributed by atoms with E-state index in [2.05, 4.69) is 0 Å². The van der Waals surface area contributed by atoms with Crippen molar-refractivity contribution in [3.63, 3.8) is 0 Å². The number of aliphatic hydroxyl groups excluding tert-OH is 1. The zero-order valence-electron chi connectivity index (χ0n) is 19.3. The second-order valence-corrected chi connectivity index (χ2v) is 8.12. The molecule has 0 aromatic heterocycles. The van der Waals surface area contributed by atoms with Gasteiger partial charge in [-0.3, -0.25) is 14.5 Å². The fourth-order valence-electron chi connectivity index (χ4n) is 4.27. The first-order chi connectivity index (χ1) is 16.3. The number of aromatic hydroxyl groups is 1. The average molecular weight is 459 g/mol. The molecule has 1 fully saturated rings. The lowest BCUT2D eigenvalue weighted by Gasteiger charge is -2.27. The number of phenolic OH excluding ortho intramolecular Hbond substituents is 1. The zero-order valence-corrected chi connectivity index (χ0v) is 19.3. The van der Waals surface area contributed by atoms with Crippen molar-refractivity contribution in [2.75, 3.05) is 19.1 Å². The number of methoxy groups -OCH3 is 2. The minimum Gasteiger partial charge on any atom is -0.508 e. The van der Waals surface area contributed by atoms with Crippen LogP contribution in [0.2, 0.25) is 0 Å². The molecule has 4 rings (SSSR count). The Kier molecular flexibility index (Phi) is 6.03. The third-order valence-corrected chi connectivity index (χ3v) is 5.93. The molecule has 7 heteroatoms. The number of hydrogen-bond donors (Lipinski definition) is 2. The van der Waals surface area contributed by atoms with E-state index in [9.17, 15) is 19.8 Å². The molecule has 1 unspecified atom stereocenters. The lowest BCUT2D eigenvalue weighted by Crippen LogP contribution is -2.30. The van der Waals surface area contributed by atoms with Crippen LogP contribution in [0.25, 0.3) is 5.76 Å². The molecule has 174 valence electrons. The van der Waals surface area contributed by atoms with Crippen molar-refractivity contribution < 1.29 is 29.3 Å². The maximum Gasteiger partial charge on any atom is 0.300 e. The highest BCUT2D eigenvalue weighted by molar-refractivity contribution is 6.51. The molecular weight excluding hydrogens is 434 g/mol. The molecule has 3 aromatic rings. The van der Waals surface area contributed by atoms with E-state index >= 15 is 0 Å². The molecular formula is C27H25NO6. The van der Waals surface area contributed by atoms with E-state index in [1.807, 2.05) is 26.0 Å². The molecule has 1 aliphatic heterocycles. The number of carbonyl (C=O) groups is 2. The molecule has 2 N–H and O–H groups in total. The van der Waals surface area contributed by atoms with Crippen molar-refractivity contribution in [3.05, 3.63) is 88.5 Å². The number of ketones is 1. The van der Waals surface area contributed by atoms with E-state index in [4.69, 9.17) is 9.47 Å². The van der Waals surface area contributed by atoms with Crippen LogP contribution in [0.1, 0.15) is 28.3 Å². The van der Waals surface area contributed by atoms with Gasteiger partial charge in [0.15, 0.2) is 0 Å². The van der Waals surface area contributed by atoms with Crippen molar-refractivity contribution in [3.8, 4) is 17.2 Å². The first-order valence-electron chi connectivity index (χ1n) is 10.7. The van der Waals surface area contributed by atoms with Crippen LogP contribution < -0.4 is 14.4 Å². The largest absolute Gasteiger partial charge is 0.508 e. The third kappa shape index (κ3) is 3.85. The Balaban J connectivity index is 1.98. The second-order valence-electron chi connectivity index (χ2n) is 8.12. The van der Waals surface area contributed by atoms with Crippen LogP contribution in [0.5, 0.6) is 17.2 Å². The van der Waals surface area contributed by atoms with Crippen molar-refractivity contribution in [2.24, 2.45) is 0 Å². The number of anilines is 1. The van der Waals surface area contributed by atoms with Crippen LogP contribution in [-0.2, 0) is 9.59 Å². The molecule has 1 heterocycles. The summed E-state index contributed by atoms with van der Waals surface area (Å²) in [6, 6.07) is 15.7. The summed E-state index contributed by atoms with van der Waals surface area (Å²) in [4.78, 5) is 28.1. The van der Waals surface area contributed by atoms with E-state index < -0.39 is 17.7 Å². The standard InChI is InChI=1S/C27H25NO6/c1-15-5-12-21(16(2)13-15)28-24(17-6-8-18(29)9-7-17)23(26(31)27(28)32)25(30)20-11-10-19(33-3)14-22(20)34-4/h5-14,24,29-30H,1-4H3/b25-23-. The number of phenols is 1. The second kappa shape index (κ2) is 8.94. The Hall–Kier alpha value is -4.26. The van der Waals surface area contributed by atoms with E-state index in [-0.39, 0.29) is 22.6 Å². The minimum atomic E-state index is -0.909. The van der Waals surface area contributed by atoms with E-state index in [1.54, 1.807) is 36.4 Å². The highest BCUT2D eigenvalue weighted by Crippen LogP contribution is 2.44. The van der Waals surface area contributed by atoms with Gasteiger partial charge in [-0.25, -0.2) is 0 Å². The first kappa shape index (κ1) is 22.9. The predicted octanol–water partition coefficient (Wildman–Crippen LogP) is 4.65. The summed E-state index contributed by atoms with van der Waals surface area (Å²) < 4.78 is 10.6. The number of rotatable bonds is 5. The SMILES string of the molecule is COc1ccc(/C(O)=C2/C(=O)C(=O)N(c3ccc(C)cc3C)C2c2ccc(O)cc2)c(OC)c1. The molecule has 1 saturated heterocycles. The maximum atomic E-state index is 13.3. The Morgan fingerprint density at radius 1 is 0.912 bits per heavy atom. The van der Waals surface area contributed by atoms with Gasteiger partial charge in [0.25, 0.3) is 11.7 Å². The Morgan fingerprint density at radius 3 is 2.24 bits per heavy atom. The molecule has 0 radical (unpaired) electrons. The van der Waals surface area contributed by atoms with Crippen LogP contribution >= 0.6 is 0 Å². The van der Waals surface area contributed by atoms with E-state index in [1.165, 1.54) is 31.3 Å². The number of benzene rings is 3. The number of aliphatic hydroxyl groups is 1. The maximum absolute atomic E-state index is 13.3. The molecule has 0 saturated carbocycles. The number of Topliss-reactive ketones (excluding diaryl/α,β-unsaturated/α-hetero) is 1. The summed E-state index contributed by atoms with van der Waals surface area (Å²) in [6.45, 7) is 3.81. The molecule has 1 aliphatic rings. The number of aryl methyl sites for hydroxylation is 2. The number of ether oxygens (including phenoxy) is 2. The normalized spacial score (nSPS) is 17.2. The van der Waals surface area contributed by atoms with Gasteiger partial charge < -0.3 is 19.7 Å². The van der Waals surface area contributed by atoms with Crippen molar-refractivity contribution in [2.45, 2.75) is 19.9 Å². The number of amides is 1. The van der Waals surface area contributed by atoms with Gasteiger partial charge in [0.2, 0.25) is 0 Å². The Bertz CT molecular complexity index is 1310. The molecule has 0 bridgehead atoms. The van der Waals surface area contributed by atoms with Gasteiger partial charge >= 0.3 is 0 Å². The lowest BCUT2D eigenvalue weighted by atomic mass is 9.94. The summed E-state index contributed by atoms with van der Waals surface area (Å²) in [5.74, 6) is -1.07. The number of nitrogens with zero attached hydrogens (tertiary/aromatic N) is 1. The fraction of sp³-hybridized carbons (Fsp3) is 0.185. The van der Waals surface area contributed by atoms with Crippen LogP contribution in [-0.4, -0.2) is 36.1 Å². The van der Waals surface area contributed by atoms with Gasteiger partial charge in [0.1, 0.15) is 23.0 Å². The zero-order chi connectivity index (χ0) is 24.6. The lowest BCUT2D eigenvalue weighted by molar-refractivity contribution is -0.132. The molecule has 34 heavy (non-hydrogen) atoms. The minimum absolute atomic E-state index is 0.0454. The fourth-order valence-corrected chi connectivity index (χ4v) is 4.27. The number of carbonyl (C=O) groups excluding carboxylic acids is 2. The number of hydrogen-bond acceptors (Lipinski definition) is 6. The molecule has 0 aliphatic carbocycles. The van der Waals surface area contributed by atoms with Crippen LogP contribution in [0.3, 0.4) is 0 Å². The van der Waals surface area contributed by atoms with Gasteiger partial charge in [-0.15, -0.1) is 0 Å². The predicted molar refractivity (Wildman–Crippen MR) is 128 cm³/mol. The average Bonchev–Trinajstić information content (AvgIpc) is 3.09. The van der Waals surface area contributed by atoms with Gasteiger partial charge in [-0.05, 0) is 55.3 Å². The summed E-state index contributed by atoms with van der Waals surface area (Å²) >= 11 is 0. The van der Waals surface area contributed by atoms with Gasteiger partial charge in [-0.1, -0.05) is 29.8 Å². The van der Waals surface area contributed by atoms with Crippen LogP contribution in [0.15, 0.2) is 66.2 Å². The quantitative estimate of drug-likeness (QED) is 0.328. The summed E-state index contributed by atoms with van der Waals surface area (Å²) in [6.07, 6.45) is 0. The highest BCUT2D eigenvalue weighted by atomic mass is 16.5. The monoisotopic (exact) mass is 459 g/mol. The molecule has 3 aromatic carbocycles. The van der Waals surface area contributed by atoms with Crippen molar-refractivity contribution in [1.82, 2.24) is 0 Å². The van der Waals surface area contributed by atoms with Gasteiger partial charge in [0, 0.05) is 11.8 Å². The van der Waals surface area contributed by atoms with Gasteiger partial charge in [-0.2, -0.15) is 0 Å². The van der Waals surface area contributed by atoms with E-state index in [0.717, 1.165) is 11.1 Å². The van der Waals surface area contributed by atoms with Crippen molar-refractivity contribution >= 4 is 23.1 Å². The van der Waals surface area contributed by atoms with E-state index in [0.29, 0.717) is 22.7 Å². The third-order valence-electron chi connectivity index (χ3n) is 5.93. The molecule has 1 amide bonds. The van der Waals surface area contributed by atoms with Crippen LogP contribution in [0.4, 0.5) is 5.69 Å². The molecule has 1 atom stereocenters. The Labute approximate surface area is 197 Å². The Morgan fingerprint density at radius 2 is 1.62 bits per heavy atom. The summed E-state index contributed by atoms with van der Waals surface area (Å²) in [5.41, 5.74) is 3.14. The molecule has 7 nitrogen and oxygen atoms in total. The summed E-state index contributed by atoms with van der Waals surface area (Å²) in [7, 11) is 2.95. The smallest absolute Gasteiger partial charge is 0.300 e. The molecule has 0 spiro atoms. The topological polar surface area (TPSA) is 96.3 Å². The van der Waals surface area contributed by atoms with Gasteiger partial charge in [0.05, 0.1) is 31.4 Å². The summed E-state index contributed by atoms with van der Waals surface area (Å²) in [5, 5.41) is 21.2. The highest BCUT2D eigenvalue weighted by Gasteiger charge is 2.47. The first-order valence-corrected chi connectivity index (χ1v) is 10.7.